The number of ether oxygens (including phenoxy) is 2. The Morgan fingerprint density at radius 3 is 2.85 bits per heavy atom. The summed E-state index contributed by atoms with van der Waals surface area (Å²) in [4.78, 5) is 11.1. The number of carbonyl (C=O) groups is 1. The first-order valence-electron chi connectivity index (χ1n) is 8.47. The van der Waals surface area contributed by atoms with E-state index in [2.05, 4.69) is 33.2 Å². The Bertz CT molecular complexity index is 785. The third-order valence-electron chi connectivity index (χ3n) is 4.77. The number of hydrogen-bond acceptors (Lipinski definition) is 5. The second kappa shape index (κ2) is 7.84. The van der Waals surface area contributed by atoms with Crippen LogP contribution in [-0.4, -0.2) is 38.7 Å². The number of halogens is 2. The summed E-state index contributed by atoms with van der Waals surface area (Å²) >= 11 is 3.55. The number of alkyl halides is 1. The molecule has 140 valence electrons. The van der Waals surface area contributed by atoms with Crippen molar-refractivity contribution in [3.05, 3.63) is 36.3 Å². The molecule has 3 rings (SSSR count). The van der Waals surface area contributed by atoms with Crippen molar-refractivity contribution in [1.82, 2.24) is 15.0 Å². The number of benzene rings is 1. The Morgan fingerprint density at radius 2 is 2.15 bits per heavy atom. The van der Waals surface area contributed by atoms with Gasteiger partial charge in [0.15, 0.2) is 0 Å². The van der Waals surface area contributed by atoms with E-state index in [-0.39, 0.29) is 47.4 Å². The molecule has 1 aliphatic heterocycles. The van der Waals surface area contributed by atoms with Crippen LogP contribution in [0.3, 0.4) is 0 Å². The molecular formula is C18H21BrFN3O3. The molecule has 0 N–H and O–H groups in total. The summed E-state index contributed by atoms with van der Waals surface area (Å²) in [6, 6.07) is 6.26. The van der Waals surface area contributed by atoms with E-state index in [1.807, 2.05) is 13.1 Å². The summed E-state index contributed by atoms with van der Waals surface area (Å²) in [5.41, 5.74) is 1.29. The van der Waals surface area contributed by atoms with E-state index in [0.717, 1.165) is 0 Å². The highest BCUT2D eigenvalue weighted by atomic mass is 79.9. The Hall–Kier alpha value is -1.80. The summed E-state index contributed by atoms with van der Waals surface area (Å²) in [6.07, 6.45) is 1.56. The maximum Gasteiger partial charge on any atom is 0.302 e. The molecule has 1 fully saturated rings. The number of nitrogens with zero attached hydrogens (tertiary/aromatic N) is 3. The molecule has 26 heavy (non-hydrogen) atoms. The fraction of sp³-hybridized carbons (Fsp3) is 0.500. The molecule has 2 unspecified atom stereocenters. The molecule has 2 aromatic rings. The lowest BCUT2D eigenvalue weighted by atomic mass is 9.84. The lowest BCUT2D eigenvalue weighted by Gasteiger charge is -2.42. The molecule has 0 bridgehead atoms. The maximum atomic E-state index is 13.5. The highest BCUT2D eigenvalue weighted by molar-refractivity contribution is 9.09. The number of rotatable bonds is 4. The number of hydrogen-bond donors (Lipinski definition) is 0. The molecule has 8 heteroatoms. The molecule has 0 amide bonds. The molecular weight excluding hydrogens is 405 g/mol. The second-order valence-corrected chi connectivity index (χ2v) is 7.53. The molecule has 1 aromatic carbocycles. The van der Waals surface area contributed by atoms with Gasteiger partial charge in [0.2, 0.25) is 0 Å². The van der Waals surface area contributed by atoms with Crippen LogP contribution in [0.1, 0.15) is 26.8 Å². The van der Waals surface area contributed by atoms with Gasteiger partial charge in [-0.1, -0.05) is 47.1 Å². The lowest BCUT2D eigenvalue weighted by Crippen LogP contribution is -2.46. The Balaban J connectivity index is 1.85. The molecule has 0 radical (unpaired) electrons. The second-order valence-electron chi connectivity index (χ2n) is 6.63. The van der Waals surface area contributed by atoms with Crippen LogP contribution >= 0.6 is 15.9 Å². The minimum Gasteiger partial charge on any atom is -0.463 e. The molecule has 6 nitrogen and oxygen atoms in total. The molecule has 0 spiro atoms. The van der Waals surface area contributed by atoms with E-state index in [4.69, 9.17) is 9.47 Å². The van der Waals surface area contributed by atoms with E-state index in [1.54, 1.807) is 16.8 Å². The van der Waals surface area contributed by atoms with Gasteiger partial charge in [0.25, 0.3) is 0 Å². The van der Waals surface area contributed by atoms with Gasteiger partial charge in [-0.15, -0.1) is 5.10 Å². The summed E-state index contributed by atoms with van der Waals surface area (Å²) in [7, 11) is 0. The van der Waals surface area contributed by atoms with Crippen molar-refractivity contribution in [3.63, 3.8) is 0 Å². The normalized spacial score (nSPS) is 28.7. The number of carbonyl (C=O) groups excluding carboxylic acids is 1. The van der Waals surface area contributed by atoms with Crippen LogP contribution in [0.25, 0.3) is 11.3 Å². The third-order valence-corrected chi connectivity index (χ3v) is 5.82. The fourth-order valence-corrected chi connectivity index (χ4v) is 3.93. The van der Waals surface area contributed by atoms with Crippen molar-refractivity contribution in [2.75, 3.05) is 6.61 Å². The van der Waals surface area contributed by atoms with Crippen molar-refractivity contribution in [2.45, 2.75) is 37.9 Å². The number of aromatic nitrogens is 3. The summed E-state index contributed by atoms with van der Waals surface area (Å²) < 4.78 is 26.4. The van der Waals surface area contributed by atoms with Crippen molar-refractivity contribution in [1.29, 1.82) is 0 Å². The van der Waals surface area contributed by atoms with Gasteiger partial charge >= 0.3 is 5.97 Å². The fourth-order valence-electron chi connectivity index (χ4n) is 3.34. The molecule has 5 atom stereocenters. The zero-order chi connectivity index (χ0) is 18.8. The minimum absolute atomic E-state index is 0.0107. The van der Waals surface area contributed by atoms with Crippen LogP contribution in [-0.2, 0) is 14.3 Å². The zero-order valence-corrected chi connectivity index (χ0v) is 16.4. The quantitative estimate of drug-likeness (QED) is 0.553. The highest BCUT2D eigenvalue weighted by Gasteiger charge is 2.42. The van der Waals surface area contributed by atoms with E-state index in [0.29, 0.717) is 11.3 Å². The first-order chi connectivity index (χ1) is 12.4. The van der Waals surface area contributed by atoms with Gasteiger partial charge in [0.05, 0.1) is 18.3 Å². The third kappa shape index (κ3) is 3.96. The van der Waals surface area contributed by atoms with Gasteiger partial charge in [-0.3, -0.25) is 4.79 Å². The maximum absolute atomic E-state index is 13.5. The highest BCUT2D eigenvalue weighted by Crippen LogP contribution is 2.41. The Labute approximate surface area is 159 Å². The molecule has 0 saturated carbocycles. The van der Waals surface area contributed by atoms with E-state index >= 15 is 0 Å². The van der Waals surface area contributed by atoms with Gasteiger partial charge in [0, 0.05) is 24.3 Å². The first kappa shape index (κ1) is 19.0. The molecule has 2 heterocycles. The van der Waals surface area contributed by atoms with Crippen molar-refractivity contribution in [2.24, 2.45) is 11.8 Å². The standard InChI is InChI=1S/C18H21BrFN3O3/c1-10-16(9-25-12(3)24)26-18(19)11(2)17(10)23-8-15(21-22-23)13-5-4-6-14(20)7-13/h4-8,10-11,16-18H,9H2,1-3H3/t10-,11?,16?,17-,18-/m0/s1. The van der Waals surface area contributed by atoms with Gasteiger partial charge < -0.3 is 9.47 Å². The van der Waals surface area contributed by atoms with Gasteiger partial charge in [-0.2, -0.15) is 0 Å². The molecule has 1 aromatic heterocycles. The van der Waals surface area contributed by atoms with Gasteiger partial charge in [0.1, 0.15) is 23.1 Å². The predicted octanol–water partition coefficient (Wildman–Crippen LogP) is 3.58. The van der Waals surface area contributed by atoms with Gasteiger partial charge in [-0.25, -0.2) is 9.07 Å². The number of esters is 1. The van der Waals surface area contributed by atoms with Crippen molar-refractivity contribution < 1.29 is 18.7 Å². The Morgan fingerprint density at radius 1 is 1.38 bits per heavy atom. The topological polar surface area (TPSA) is 66.2 Å². The van der Waals surface area contributed by atoms with Crippen LogP contribution in [0.4, 0.5) is 4.39 Å². The van der Waals surface area contributed by atoms with Gasteiger partial charge in [-0.05, 0) is 12.1 Å². The average Bonchev–Trinajstić information content (AvgIpc) is 3.07. The molecule has 1 saturated heterocycles. The lowest BCUT2D eigenvalue weighted by molar-refractivity contribution is -0.155. The predicted molar refractivity (Wildman–Crippen MR) is 97.0 cm³/mol. The van der Waals surface area contributed by atoms with Crippen LogP contribution < -0.4 is 0 Å². The average molecular weight is 426 g/mol. The van der Waals surface area contributed by atoms with E-state index < -0.39 is 0 Å². The van der Waals surface area contributed by atoms with Crippen molar-refractivity contribution in [3.8, 4) is 11.3 Å². The Kier molecular flexibility index (Phi) is 5.72. The monoisotopic (exact) mass is 425 g/mol. The molecule has 0 aliphatic carbocycles. The van der Waals surface area contributed by atoms with Crippen LogP contribution in [0.15, 0.2) is 30.5 Å². The zero-order valence-electron chi connectivity index (χ0n) is 14.8. The summed E-state index contributed by atoms with van der Waals surface area (Å²) in [5, 5.41) is 8.27. The first-order valence-corrected chi connectivity index (χ1v) is 9.39. The van der Waals surface area contributed by atoms with E-state index in [1.165, 1.54) is 19.1 Å². The van der Waals surface area contributed by atoms with Crippen molar-refractivity contribution >= 4 is 21.9 Å². The smallest absolute Gasteiger partial charge is 0.302 e. The largest absolute Gasteiger partial charge is 0.463 e. The molecule has 1 aliphatic rings. The SMILES string of the molecule is CC(=O)OCC1O[C@H](Br)C(C)[C@@H](n2cc(-c3cccc(F)c3)nn2)[C@H]1C. The van der Waals surface area contributed by atoms with Crippen LogP contribution in [0.5, 0.6) is 0 Å². The minimum atomic E-state index is -0.337. The van der Waals surface area contributed by atoms with Crippen LogP contribution in [0, 0.1) is 17.7 Å². The summed E-state index contributed by atoms with van der Waals surface area (Å²) in [5.74, 6) is -0.496. The van der Waals surface area contributed by atoms with E-state index in [9.17, 15) is 9.18 Å². The van der Waals surface area contributed by atoms with Crippen LogP contribution in [0.2, 0.25) is 0 Å². The summed E-state index contributed by atoms with van der Waals surface area (Å²) in [6.45, 7) is 5.67.